The van der Waals surface area contributed by atoms with Crippen LogP contribution in [0.25, 0.3) is 6.08 Å². The molecule has 2 fully saturated rings. The van der Waals surface area contributed by atoms with E-state index in [1.807, 2.05) is 40.7 Å². The third-order valence-electron chi connectivity index (χ3n) is 10.0. The van der Waals surface area contributed by atoms with Gasteiger partial charge in [-0.2, -0.15) is 0 Å². The van der Waals surface area contributed by atoms with Crippen LogP contribution in [0, 0.1) is 18.8 Å². The molecule has 5 atom stereocenters. The van der Waals surface area contributed by atoms with E-state index in [2.05, 4.69) is 27.5 Å². The van der Waals surface area contributed by atoms with Gasteiger partial charge in [0, 0.05) is 65.5 Å². The number of carbonyl (C=O) groups excluding carboxylic acids is 2. The molecule has 5 rings (SSSR count). The van der Waals surface area contributed by atoms with Crippen LogP contribution in [0.15, 0.2) is 33.0 Å². The van der Waals surface area contributed by atoms with Crippen LogP contribution >= 0.6 is 0 Å². The van der Waals surface area contributed by atoms with E-state index in [4.69, 9.17) is 0 Å². The molecule has 4 aliphatic rings. The molecule has 0 aliphatic carbocycles. The van der Waals surface area contributed by atoms with Gasteiger partial charge in [-0.3, -0.25) is 19.2 Å². The summed E-state index contributed by atoms with van der Waals surface area (Å²) < 4.78 is 0. The first-order chi connectivity index (χ1) is 20.8. The molecule has 4 aliphatic heterocycles. The number of hydrogen-bond acceptors (Lipinski definition) is 5. The largest absolute Gasteiger partial charge is 0.481 e. The van der Waals surface area contributed by atoms with E-state index in [-0.39, 0.29) is 52.7 Å². The molecular weight excluding hydrogens is 580 g/mol. The van der Waals surface area contributed by atoms with Crippen LogP contribution < -0.4 is 10.6 Å². The summed E-state index contributed by atoms with van der Waals surface area (Å²) in [6, 6.07) is -0.0523. The van der Waals surface area contributed by atoms with E-state index in [9.17, 15) is 29.4 Å². The maximum Gasteiger partial charge on any atom is 0.303 e. The standard InChI is InChI=1S/C33H42N4O6S/c1-7-19-15(3)24(36-32(19)43)13-23-16(4)20(9-11-27(38)39)25(34-23)14-26-21(10-12-28(40)41)17(5)29(35-26)30-33(44-30)22(8-2)18(6)31(42)37-33/h14,18,22,29-30,34-35H,7-13H2,1-6H3,(H,37,42)(H,38,39)(H,40,41)/p+1/b26-14-/t18-,22-,29?,30+,33+/m1/s1. The van der Waals surface area contributed by atoms with Gasteiger partial charge in [-0.1, -0.05) is 20.8 Å². The van der Waals surface area contributed by atoms with Gasteiger partial charge in [0.05, 0.1) is 5.71 Å². The van der Waals surface area contributed by atoms with Crippen molar-refractivity contribution in [2.75, 3.05) is 0 Å². The van der Waals surface area contributed by atoms with Crippen molar-refractivity contribution < 1.29 is 29.4 Å². The molecule has 1 aromatic heterocycles. The second-order valence-corrected chi connectivity index (χ2v) is 14.0. The maximum atomic E-state index is 12.7. The summed E-state index contributed by atoms with van der Waals surface area (Å²) >= 11 is 1.17. The second kappa shape index (κ2) is 12.1. The number of aliphatic carboxylic acids is 2. The average molecular weight is 624 g/mol. The van der Waals surface area contributed by atoms with Crippen molar-refractivity contribution >= 4 is 47.3 Å². The molecule has 11 heteroatoms. The topological polar surface area (TPSA) is 161 Å². The van der Waals surface area contributed by atoms with Gasteiger partial charge in [-0.15, -0.1) is 0 Å². The van der Waals surface area contributed by atoms with Gasteiger partial charge < -0.3 is 25.8 Å². The summed E-state index contributed by atoms with van der Waals surface area (Å²) in [6.45, 7) is 12.0. The van der Waals surface area contributed by atoms with Crippen LogP contribution in [0.2, 0.25) is 0 Å². The zero-order chi connectivity index (χ0) is 32.1. The lowest BCUT2D eigenvalue weighted by atomic mass is 9.85. The number of hydrogen-bond donors (Lipinski definition) is 5. The van der Waals surface area contributed by atoms with Crippen molar-refractivity contribution in [3.63, 3.8) is 0 Å². The van der Waals surface area contributed by atoms with Crippen LogP contribution in [-0.2, 0) is 43.8 Å². The number of aromatic amines is 1. The molecule has 5 heterocycles. The number of rotatable bonds is 12. The quantitative estimate of drug-likeness (QED) is 0.135. The smallest absolute Gasteiger partial charge is 0.303 e. The fourth-order valence-corrected chi connectivity index (χ4v) is 9.44. The van der Waals surface area contributed by atoms with Crippen molar-refractivity contribution in [1.82, 2.24) is 15.6 Å². The number of aromatic nitrogens is 1. The van der Waals surface area contributed by atoms with Crippen LogP contribution in [0.3, 0.4) is 0 Å². The number of nitrogens with one attached hydrogen (secondary N) is 3. The summed E-state index contributed by atoms with van der Waals surface area (Å²) in [7, 11) is 0. The molecule has 1 unspecified atom stereocenters. The maximum absolute atomic E-state index is 12.7. The highest BCUT2D eigenvalue weighted by molar-refractivity contribution is 7.89. The number of allylic oxidation sites excluding steroid dienone is 2. The SMILES string of the molecule is CCC1=C(C)C(Cc2[nH]c(/C=C3\NC([C@@H]4[SH+][C@]45NC(=O)[C@H](C)[C@H]5CC)C(C)=C3CCC(=O)O)c(CCC(=O)O)c2C)=NC1=O. The Morgan fingerprint density at radius 2 is 1.73 bits per heavy atom. The number of aliphatic imine (C=N–C) groups is 1. The Hall–Kier alpha value is -3.60. The number of nitrogens with zero attached hydrogens (tertiary/aromatic N) is 1. The Labute approximate surface area is 261 Å². The van der Waals surface area contributed by atoms with Gasteiger partial charge >= 0.3 is 11.9 Å². The van der Waals surface area contributed by atoms with Crippen molar-refractivity contribution in [2.24, 2.45) is 16.8 Å². The molecule has 0 bridgehead atoms. The third-order valence-corrected chi connectivity index (χ3v) is 11.9. The van der Waals surface area contributed by atoms with Gasteiger partial charge in [0.2, 0.25) is 11.2 Å². The molecule has 5 N–H and O–H groups in total. The van der Waals surface area contributed by atoms with Crippen molar-refractivity contribution in [3.8, 4) is 0 Å². The lowest BCUT2D eigenvalue weighted by Gasteiger charge is -2.15. The van der Waals surface area contributed by atoms with Crippen LogP contribution in [0.4, 0.5) is 0 Å². The zero-order valence-corrected chi connectivity index (χ0v) is 27.2. The molecule has 0 aromatic carbocycles. The molecule has 1 aromatic rings. The molecule has 10 nitrogen and oxygen atoms in total. The fraction of sp³-hybridized carbons (Fsp3) is 0.545. The lowest BCUT2D eigenvalue weighted by molar-refractivity contribution is -0.138. The normalized spacial score (nSPS) is 28.8. The van der Waals surface area contributed by atoms with Crippen molar-refractivity contribution in [3.05, 3.63) is 50.5 Å². The summed E-state index contributed by atoms with van der Waals surface area (Å²) in [5, 5.41) is 26.2. The molecule has 0 radical (unpaired) electrons. The van der Waals surface area contributed by atoms with E-state index < -0.39 is 11.9 Å². The number of H-pyrrole nitrogens is 1. The Kier molecular flexibility index (Phi) is 8.72. The van der Waals surface area contributed by atoms with Gasteiger partial charge in [0.1, 0.15) is 6.04 Å². The highest BCUT2D eigenvalue weighted by atomic mass is 32.2. The van der Waals surface area contributed by atoms with E-state index in [0.29, 0.717) is 31.4 Å². The van der Waals surface area contributed by atoms with Gasteiger partial charge in [-0.05, 0) is 80.4 Å². The van der Waals surface area contributed by atoms with E-state index in [0.717, 1.165) is 56.9 Å². The molecule has 44 heavy (non-hydrogen) atoms. The predicted octanol–water partition coefficient (Wildman–Crippen LogP) is 3.77. The van der Waals surface area contributed by atoms with Crippen LogP contribution in [-0.4, -0.2) is 60.8 Å². The lowest BCUT2D eigenvalue weighted by Crippen LogP contribution is -2.42. The minimum Gasteiger partial charge on any atom is -0.481 e. The highest BCUT2D eigenvalue weighted by Crippen LogP contribution is 2.54. The number of thiol groups is 1. The Bertz CT molecular complexity index is 1570. The molecule has 2 amide bonds. The minimum atomic E-state index is -0.892. The van der Waals surface area contributed by atoms with Gasteiger partial charge in [0.25, 0.3) is 10.8 Å². The molecule has 236 valence electrons. The number of carboxylic acids is 2. The third kappa shape index (κ3) is 5.55. The Morgan fingerprint density at radius 3 is 2.34 bits per heavy atom. The summed E-state index contributed by atoms with van der Waals surface area (Å²) in [5.41, 5.74) is 8.61. The number of carbonyl (C=O) groups is 4. The first kappa shape index (κ1) is 31.8. The molecule has 0 saturated carbocycles. The van der Waals surface area contributed by atoms with Crippen molar-refractivity contribution in [2.45, 2.75) is 103 Å². The number of carboxylic acid groups (broad SMARTS) is 2. The predicted molar refractivity (Wildman–Crippen MR) is 171 cm³/mol. The molecular formula is C33H43N4O6S+. The number of amides is 2. The van der Waals surface area contributed by atoms with E-state index in [1.165, 1.54) is 11.8 Å². The van der Waals surface area contributed by atoms with E-state index in [1.54, 1.807) is 0 Å². The van der Waals surface area contributed by atoms with Crippen molar-refractivity contribution in [1.29, 1.82) is 0 Å². The Morgan fingerprint density at radius 1 is 1.05 bits per heavy atom. The fourth-order valence-electron chi connectivity index (χ4n) is 7.43. The monoisotopic (exact) mass is 623 g/mol. The summed E-state index contributed by atoms with van der Waals surface area (Å²) in [5.74, 6) is -1.68. The summed E-state index contributed by atoms with van der Waals surface area (Å²) in [6.07, 6.45) is 4.54. The summed E-state index contributed by atoms with van der Waals surface area (Å²) in [4.78, 5) is 55.8. The zero-order valence-electron chi connectivity index (χ0n) is 26.3. The van der Waals surface area contributed by atoms with E-state index >= 15 is 0 Å². The minimum absolute atomic E-state index is 0.0165. The first-order valence-corrected chi connectivity index (χ1v) is 16.5. The molecule has 1 spiro atoms. The second-order valence-electron chi connectivity index (χ2n) is 12.4. The highest BCUT2D eigenvalue weighted by Gasteiger charge is 2.79. The van der Waals surface area contributed by atoms with Gasteiger partial charge in [-0.25, -0.2) is 4.99 Å². The van der Waals surface area contributed by atoms with Crippen LogP contribution in [0.1, 0.15) is 89.2 Å². The first-order valence-electron chi connectivity index (χ1n) is 15.5. The molecule has 2 saturated heterocycles. The average Bonchev–Trinajstić information content (AvgIpc) is 3.16. The Balaban J connectivity index is 1.51. The van der Waals surface area contributed by atoms with Gasteiger partial charge in [0.15, 0.2) is 0 Å². The van der Waals surface area contributed by atoms with Crippen LogP contribution in [0.5, 0.6) is 0 Å².